The number of fused-ring (bicyclic) bond motifs is 21. The van der Waals surface area contributed by atoms with E-state index in [1.54, 1.807) is 48.2 Å². The molecule has 7 aromatic heterocycles. The predicted octanol–water partition coefficient (Wildman–Crippen LogP) is 11.8. The van der Waals surface area contributed by atoms with E-state index in [9.17, 15) is 76.7 Å². The Morgan fingerprint density at radius 3 is 0.707 bits per heavy atom. The number of hydrogen-bond acceptors (Lipinski definition) is 24. The Morgan fingerprint density at radius 1 is 0.171 bits per heavy atom. The summed E-state index contributed by atoms with van der Waals surface area (Å²) in [5.74, 6) is -5.22. The fourth-order valence-electron chi connectivity index (χ4n) is 22.0. The molecule has 9 aromatic carbocycles. The van der Waals surface area contributed by atoms with Gasteiger partial charge in [-0.15, -0.1) is 79.4 Å². The molecule has 668 valence electrons. The Hall–Kier alpha value is -15.8. The Labute approximate surface area is 816 Å². The van der Waals surface area contributed by atoms with Gasteiger partial charge in [-0.25, -0.2) is 0 Å². The molecule has 29 rings (SSSR count). The van der Waals surface area contributed by atoms with Crippen molar-refractivity contribution in [2.45, 2.75) is 51.4 Å². The SMILES string of the molecule is O=C1Cc2cc3c(cc2C1=O)/C(=c1\cc/c(=c2\cc/c(=C4/C(=O)Cc5cc6c(cc54)/C(=c4\cc/c(=c5\cc/c(=C7/C(=O)Cc8cc9c(cc87)C(=O)C(=O)C9)s5)s4)C(=O)C6)s2)s1)C(=O)C3.O=C1Nc2c(ccc3c4c(ccc23)/C(=c2\cc/c(=c3\cc/c(=C5\C(=O)Nc6c5ccc5c7c(ccc65)/C(=c5\cc/c(=C6\CC/C(=C8\C(=O)Nc9c8ccc8c%10c(ccc98)C(=O)C(=O)N%10)S6)s5)C(=O)N7)s3)s2)C(=O)N4)C1=O. The van der Waals surface area contributed by atoms with Crippen LogP contribution >= 0.6 is 91.1 Å². The first-order valence-corrected chi connectivity index (χ1v) is 51.1. The summed E-state index contributed by atoms with van der Waals surface area (Å²) >= 11 is 12.1. The maximum Gasteiger partial charge on any atom is 0.296 e. The Morgan fingerprint density at radius 2 is 0.393 bits per heavy atom. The van der Waals surface area contributed by atoms with Crippen LogP contribution in [0, 0.1) is 27.2 Å². The predicted molar refractivity (Wildman–Crippen MR) is 538 cm³/mol. The molecule has 0 unspecified atom stereocenters. The number of allylic oxidation sites excluding steroid dienone is 1. The largest absolute Gasteiger partial charge is 0.321 e. The van der Waals surface area contributed by atoms with Gasteiger partial charge in [-0.3, -0.25) is 76.7 Å². The van der Waals surface area contributed by atoms with Gasteiger partial charge in [-0.05, 0) is 184 Å². The molecule has 1 fully saturated rings. The van der Waals surface area contributed by atoms with Gasteiger partial charge in [0.05, 0.1) is 67.5 Å². The van der Waals surface area contributed by atoms with E-state index < -0.39 is 46.5 Å². The summed E-state index contributed by atoms with van der Waals surface area (Å²) in [5, 5.41) is 22.1. The molecule has 14 heterocycles. The number of thioether (sulfide) groups is 1. The van der Waals surface area contributed by atoms with Crippen LogP contribution in [0.5, 0.6) is 0 Å². The first-order valence-electron chi connectivity index (χ1n) is 44.5. The van der Waals surface area contributed by atoms with E-state index in [2.05, 4.69) is 31.9 Å². The second-order valence-corrected chi connectivity index (χ2v) is 44.7. The molecule has 1 saturated heterocycles. The number of carbonyl (C=O) groups excluding carboxylic acids is 16. The second-order valence-electron chi connectivity index (χ2n) is 36.0. The molecule has 16 aromatic rings. The van der Waals surface area contributed by atoms with E-state index in [4.69, 9.17) is 0 Å². The van der Waals surface area contributed by atoms with Crippen molar-refractivity contribution in [2.24, 2.45) is 0 Å². The molecule has 13 aliphatic rings. The van der Waals surface area contributed by atoms with Crippen LogP contribution in [-0.2, 0) is 96.1 Å². The molecule has 7 aliphatic heterocycles. The molecular formula is C110H54N6O16S8. The number of rotatable bonds is 0. The molecule has 0 saturated carbocycles. The van der Waals surface area contributed by atoms with Crippen LogP contribution in [0.2, 0.25) is 0 Å². The lowest BCUT2D eigenvalue weighted by Crippen LogP contribution is -2.12. The molecule has 6 amide bonds. The first kappa shape index (κ1) is 82.5. The maximum atomic E-state index is 13.9. The van der Waals surface area contributed by atoms with Gasteiger partial charge in [0.25, 0.3) is 47.0 Å². The minimum absolute atomic E-state index is 0.0190. The number of anilines is 6. The molecule has 6 N–H and O–H groups in total. The van der Waals surface area contributed by atoms with Gasteiger partial charge in [0, 0.05) is 200 Å². The highest BCUT2D eigenvalue weighted by atomic mass is 32.2. The van der Waals surface area contributed by atoms with Crippen LogP contribution in [0.25, 0.3) is 81.8 Å². The lowest BCUT2D eigenvalue weighted by Gasteiger charge is -2.09. The zero-order chi connectivity index (χ0) is 94.6. The third-order valence-corrected chi connectivity index (χ3v) is 38.1. The summed E-state index contributed by atoms with van der Waals surface area (Å²) in [7, 11) is 0. The number of nitrogens with one attached hydrogen (secondary N) is 6. The number of carbonyl (C=O) groups is 16. The van der Waals surface area contributed by atoms with Crippen LogP contribution in [0.1, 0.15) is 132 Å². The smallest absolute Gasteiger partial charge is 0.296 e. The van der Waals surface area contributed by atoms with E-state index in [0.29, 0.717) is 140 Å². The Balaban J connectivity index is 0.000000139. The average molecular weight is 1970 g/mol. The third-order valence-electron chi connectivity index (χ3n) is 28.3. The highest BCUT2D eigenvalue weighted by Crippen LogP contribution is 2.52. The van der Waals surface area contributed by atoms with Crippen molar-refractivity contribution in [3.63, 3.8) is 0 Å². The quantitative estimate of drug-likeness (QED) is 0.0607. The molecule has 30 heteroatoms. The highest BCUT2D eigenvalue weighted by molar-refractivity contribution is 8.12. The average Bonchev–Trinajstić information content (AvgIpc) is 1.55. The third kappa shape index (κ3) is 12.0. The monoisotopic (exact) mass is 1970 g/mol. The molecule has 6 aliphatic carbocycles. The fourth-order valence-corrected chi connectivity index (χ4v) is 31.1. The number of benzene rings is 9. The second kappa shape index (κ2) is 29.9. The van der Waals surface area contributed by atoms with E-state index in [-0.39, 0.29) is 85.3 Å². The number of ketones is 10. The van der Waals surface area contributed by atoms with Crippen molar-refractivity contribution < 1.29 is 76.7 Å². The van der Waals surface area contributed by atoms with Crippen LogP contribution in [-0.4, -0.2) is 93.3 Å². The standard InChI is InChI=1S/C58H28N6O8S4.C52H26O8S4/c65-51-31-11-5-23-25(49(31)63-57(51)71)3-9-29-43(55(69)61-47(23)29)39-19-15-35(75-39)33-13-17-37(73-33)41-27-7-1-21-22(46(27)60-53(41)67)2-8-28-42(54(68)59-45(21)28)38-18-14-34(74-38)36-16-20-40(76-36)44-30-10-4-26-24(48(30)62-56(44)70)6-12-32-50(26)64-58(72)52(32)66;53-33-12-21-9-22-13-34(54)48(44-6-2-40(62-44)42-4-8-46(64-42)50-30-20-32-26(17-38(58)52(32)60)11-24(30)15-36(50)56)28(22)18-27(21)47(33)43-5-1-39(61-43)41-3-7-45(63-41)49-29-19-31-25(16-37(57)51(31)59)10-23(29)14-35(49)55/h1-15,17-19H,16,20H2,(H,59,68)(H,60,67)(H,61,69)(H,62,70)(H,63,65,71)(H,64,66,72);1-11,18-20H,12-17H2/b35-33-,36-34-,41-37+,42-38-,43-39-,44-40+;41-39-,42-40-,47-43-,48-44-,49-45-,50-46-. The van der Waals surface area contributed by atoms with Crippen molar-refractivity contribution in [2.75, 3.05) is 31.9 Å². The van der Waals surface area contributed by atoms with Crippen molar-refractivity contribution in [3.05, 3.63) is 363 Å². The van der Waals surface area contributed by atoms with Crippen LogP contribution < -0.4 is 68.2 Å². The first-order chi connectivity index (χ1) is 67.9. The summed E-state index contributed by atoms with van der Waals surface area (Å²) in [4.78, 5) is 209. The highest BCUT2D eigenvalue weighted by Gasteiger charge is 2.42. The summed E-state index contributed by atoms with van der Waals surface area (Å²) in [6.45, 7) is 0. The van der Waals surface area contributed by atoms with Gasteiger partial charge in [0.2, 0.25) is 23.1 Å². The van der Waals surface area contributed by atoms with Crippen molar-refractivity contribution in [1.29, 1.82) is 0 Å². The molecule has 22 nitrogen and oxygen atoms in total. The summed E-state index contributed by atoms with van der Waals surface area (Å²) in [6, 6.07) is 60.6. The van der Waals surface area contributed by atoms with Gasteiger partial charge >= 0.3 is 0 Å². The number of Topliss-reactive ketones (excluding diaryl/α,β-unsaturated/α-hetero) is 10. The van der Waals surface area contributed by atoms with E-state index in [1.807, 2.05) is 158 Å². The molecule has 140 heavy (non-hydrogen) atoms. The van der Waals surface area contributed by atoms with Crippen molar-refractivity contribution >= 4 is 300 Å². The maximum absolute atomic E-state index is 13.9. The van der Waals surface area contributed by atoms with Gasteiger partial charge in [0.15, 0.2) is 23.1 Å². The van der Waals surface area contributed by atoms with Crippen molar-refractivity contribution in [3.8, 4) is 0 Å². The lowest BCUT2D eigenvalue weighted by molar-refractivity contribution is -0.114. The fraction of sp³-hybridized carbons (Fsp3) is 0.0727. The van der Waals surface area contributed by atoms with Gasteiger partial charge in [-0.1, -0.05) is 90.6 Å². The van der Waals surface area contributed by atoms with Gasteiger partial charge in [-0.2, -0.15) is 0 Å². The minimum atomic E-state index is -0.674. The normalized spacial score (nSPS) is 21.4. The molecular weight excluding hydrogens is 1920 g/mol. The lowest BCUT2D eigenvalue weighted by atomic mass is 9.97. The molecule has 0 bridgehead atoms. The Bertz CT molecular complexity index is 9950. The number of thiophene rings is 7. The van der Waals surface area contributed by atoms with E-state index >= 15 is 0 Å². The summed E-state index contributed by atoms with van der Waals surface area (Å²) in [6.07, 6.45) is 2.52. The molecule has 0 atom stereocenters. The molecule has 0 radical (unpaired) electrons. The van der Waals surface area contributed by atoms with Crippen LogP contribution in [0.3, 0.4) is 0 Å². The topological polar surface area (TPSA) is 345 Å². The number of amides is 6. The van der Waals surface area contributed by atoms with Crippen LogP contribution in [0.4, 0.5) is 34.1 Å². The van der Waals surface area contributed by atoms with E-state index in [1.165, 1.54) is 79.4 Å². The van der Waals surface area contributed by atoms with Crippen LogP contribution in [0.15, 0.2) is 199 Å². The summed E-state index contributed by atoms with van der Waals surface area (Å²) < 4.78 is 12.2. The minimum Gasteiger partial charge on any atom is -0.321 e. The molecule has 0 spiro atoms. The Kier molecular flexibility index (Phi) is 17.6. The zero-order valence-corrected chi connectivity index (χ0v) is 78.5. The van der Waals surface area contributed by atoms with Crippen molar-refractivity contribution in [1.82, 2.24) is 0 Å². The summed E-state index contributed by atoms with van der Waals surface area (Å²) in [5.41, 5.74) is 20.6. The van der Waals surface area contributed by atoms with E-state index in [0.717, 1.165) is 157 Å². The van der Waals surface area contributed by atoms with Gasteiger partial charge in [0.1, 0.15) is 0 Å². The zero-order valence-electron chi connectivity index (χ0n) is 71.9. The number of hydrogen-bond donors (Lipinski definition) is 6. The van der Waals surface area contributed by atoms with Gasteiger partial charge < -0.3 is 31.9 Å².